The molecule has 4 rings (SSSR count). The molecule has 0 aliphatic carbocycles. The summed E-state index contributed by atoms with van der Waals surface area (Å²) in [5, 5.41) is 7.12. The Labute approximate surface area is 192 Å². The number of ether oxygens (including phenoxy) is 1. The standard InChI is InChI=1S/C25H28N4O4/c1-16-8-4-5-10-19(16)23-27-22(33-28-23)15-29-13-7-9-18(14-29)24(30)26-21-12-6-11-20(17(21)2)25(31)32-3/h4-6,8,10-12,18H,7,9,13-15H2,1-3H3,(H,26,30). The summed E-state index contributed by atoms with van der Waals surface area (Å²) < 4.78 is 10.3. The van der Waals surface area contributed by atoms with Gasteiger partial charge in [0.1, 0.15) is 0 Å². The Morgan fingerprint density at radius 1 is 1.18 bits per heavy atom. The molecule has 1 atom stereocenters. The summed E-state index contributed by atoms with van der Waals surface area (Å²) >= 11 is 0. The Morgan fingerprint density at radius 2 is 2.00 bits per heavy atom. The third kappa shape index (κ3) is 5.12. The molecule has 1 amide bonds. The maximum absolute atomic E-state index is 13.0. The fourth-order valence-electron chi connectivity index (χ4n) is 4.19. The first kappa shape index (κ1) is 22.7. The second kappa shape index (κ2) is 9.95. The van der Waals surface area contributed by atoms with Crippen molar-refractivity contribution in [2.45, 2.75) is 33.2 Å². The molecule has 1 unspecified atom stereocenters. The van der Waals surface area contributed by atoms with Crippen molar-refractivity contribution in [2.24, 2.45) is 5.92 Å². The van der Waals surface area contributed by atoms with Gasteiger partial charge in [0.15, 0.2) is 0 Å². The Morgan fingerprint density at radius 3 is 2.79 bits per heavy atom. The van der Waals surface area contributed by atoms with Crippen LogP contribution in [0.1, 0.15) is 40.2 Å². The van der Waals surface area contributed by atoms with Crippen LogP contribution >= 0.6 is 0 Å². The predicted octanol–water partition coefficient (Wildman–Crippen LogP) is 3.99. The zero-order chi connectivity index (χ0) is 23.4. The number of hydrogen-bond acceptors (Lipinski definition) is 7. The highest BCUT2D eigenvalue weighted by molar-refractivity contribution is 5.97. The lowest BCUT2D eigenvalue weighted by molar-refractivity contribution is -0.121. The van der Waals surface area contributed by atoms with Crippen molar-refractivity contribution >= 4 is 17.6 Å². The van der Waals surface area contributed by atoms with E-state index >= 15 is 0 Å². The molecule has 1 saturated heterocycles. The van der Waals surface area contributed by atoms with Crippen molar-refractivity contribution in [3.63, 3.8) is 0 Å². The molecule has 8 nitrogen and oxygen atoms in total. The molecule has 1 aliphatic rings. The number of anilines is 1. The molecule has 2 aromatic carbocycles. The number of nitrogens with zero attached hydrogens (tertiary/aromatic N) is 3. The van der Waals surface area contributed by atoms with Gasteiger partial charge in [0.05, 0.1) is 25.1 Å². The van der Waals surface area contributed by atoms with Gasteiger partial charge < -0.3 is 14.6 Å². The third-order valence-electron chi connectivity index (χ3n) is 6.09. The van der Waals surface area contributed by atoms with Crippen molar-refractivity contribution in [1.29, 1.82) is 0 Å². The summed E-state index contributed by atoms with van der Waals surface area (Å²) in [7, 11) is 1.34. The zero-order valence-electron chi connectivity index (χ0n) is 19.1. The monoisotopic (exact) mass is 448 g/mol. The first-order valence-electron chi connectivity index (χ1n) is 11.1. The number of carbonyl (C=O) groups excluding carboxylic acids is 2. The Hall–Kier alpha value is -3.52. The van der Waals surface area contributed by atoms with E-state index < -0.39 is 5.97 Å². The van der Waals surface area contributed by atoms with Crippen LogP contribution in [0.25, 0.3) is 11.4 Å². The predicted molar refractivity (Wildman–Crippen MR) is 124 cm³/mol. The van der Waals surface area contributed by atoms with E-state index in [0.717, 1.165) is 30.5 Å². The lowest BCUT2D eigenvalue weighted by Gasteiger charge is -2.31. The highest BCUT2D eigenvalue weighted by Crippen LogP contribution is 2.25. The van der Waals surface area contributed by atoms with E-state index in [2.05, 4.69) is 20.4 Å². The Kier molecular flexibility index (Phi) is 6.84. The molecule has 0 bridgehead atoms. The second-order valence-electron chi connectivity index (χ2n) is 8.36. The molecule has 1 N–H and O–H groups in total. The van der Waals surface area contributed by atoms with E-state index in [1.807, 2.05) is 31.2 Å². The van der Waals surface area contributed by atoms with E-state index in [0.29, 0.717) is 41.6 Å². The summed E-state index contributed by atoms with van der Waals surface area (Å²) in [5.41, 5.74) is 3.81. The number of esters is 1. The summed E-state index contributed by atoms with van der Waals surface area (Å²) in [5.74, 6) is 0.470. The molecule has 1 aromatic heterocycles. The number of carbonyl (C=O) groups is 2. The van der Waals surface area contributed by atoms with Gasteiger partial charge in [-0.25, -0.2) is 4.79 Å². The highest BCUT2D eigenvalue weighted by Gasteiger charge is 2.27. The van der Waals surface area contributed by atoms with Crippen LogP contribution in [0, 0.1) is 19.8 Å². The maximum Gasteiger partial charge on any atom is 0.338 e. The summed E-state index contributed by atoms with van der Waals surface area (Å²) in [6.07, 6.45) is 1.70. The first-order chi connectivity index (χ1) is 16.0. The number of amides is 1. The van der Waals surface area contributed by atoms with Gasteiger partial charge in [-0.05, 0) is 56.5 Å². The third-order valence-corrected chi connectivity index (χ3v) is 6.09. The normalized spacial score (nSPS) is 16.4. The van der Waals surface area contributed by atoms with E-state index in [1.165, 1.54) is 7.11 Å². The molecule has 1 fully saturated rings. The van der Waals surface area contributed by atoms with Crippen LogP contribution in [-0.2, 0) is 16.1 Å². The molecule has 2 heterocycles. The van der Waals surface area contributed by atoms with Crippen LogP contribution in [0.3, 0.4) is 0 Å². The summed E-state index contributed by atoms with van der Waals surface area (Å²) in [6.45, 7) is 5.78. The van der Waals surface area contributed by atoms with E-state index in [-0.39, 0.29) is 11.8 Å². The van der Waals surface area contributed by atoms with Crippen LogP contribution in [0.15, 0.2) is 47.0 Å². The molecule has 0 spiro atoms. The van der Waals surface area contributed by atoms with Crippen LogP contribution in [0.2, 0.25) is 0 Å². The van der Waals surface area contributed by atoms with Crippen molar-refractivity contribution < 1.29 is 18.8 Å². The van der Waals surface area contributed by atoms with Crippen LogP contribution in [-0.4, -0.2) is 47.1 Å². The van der Waals surface area contributed by atoms with Crippen LogP contribution < -0.4 is 5.32 Å². The van der Waals surface area contributed by atoms with Crippen molar-refractivity contribution in [1.82, 2.24) is 15.0 Å². The van der Waals surface area contributed by atoms with Gasteiger partial charge in [-0.15, -0.1) is 0 Å². The number of methoxy groups -OCH3 is 1. The van der Waals surface area contributed by atoms with Crippen LogP contribution in [0.4, 0.5) is 5.69 Å². The number of piperidine rings is 1. The topological polar surface area (TPSA) is 97.6 Å². The number of hydrogen-bond donors (Lipinski definition) is 1. The van der Waals surface area contributed by atoms with Gasteiger partial charge in [-0.1, -0.05) is 35.5 Å². The van der Waals surface area contributed by atoms with E-state index in [1.54, 1.807) is 25.1 Å². The van der Waals surface area contributed by atoms with Gasteiger partial charge in [0, 0.05) is 17.8 Å². The van der Waals surface area contributed by atoms with Gasteiger partial charge in [-0.3, -0.25) is 9.69 Å². The van der Waals surface area contributed by atoms with Gasteiger partial charge in [-0.2, -0.15) is 4.98 Å². The van der Waals surface area contributed by atoms with Gasteiger partial charge in [0.25, 0.3) is 0 Å². The molecule has 0 radical (unpaired) electrons. The summed E-state index contributed by atoms with van der Waals surface area (Å²) in [4.78, 5) is 31.7. The number of aryl methyl sites for hydroxylation is 1. The largest absolute Gasteiger partial charge is 0.465 e. The summed E-state index contributed by atoms with van der Waals surface area (Å²) in [6, 6.07) is 13.1. The molecule has 3 aromatic rings. The lowest BCUT2D eigenvalue weighted by Crippen LogP contribution is -2.40. The fraction of sp³-hybridized carbons (Fsp3) is 0.360. The fourth-order valence-corrected chi connectivity index (χ4v) is 4.19. The maximum atomic E-state index is 13.0. The van der Waals surface area contributed by atoms with E-state index in [4.69, 9.17) is 9.26 Å². The molecule has 1 aliphatic heterocycles. The molecule has 0 saturated carbocycles. The molecular formula is C25H28N4O4. The SMILES string of the molecule is COC(=O)c1cccc(NC(=O)C2CCCN(Cc3nc(-c4ccccc4C)no3)C2)c1C. The average molecular weight is 449 g/mol. The van der Waals surface area contributed by atoms with Crippen molar-refractivity contribution in [3.8, 4) is 11.4 Å². The number of nitrogens with one attached hydrogen (secondary N) is 1. The quantitative estimate of drug-likeness (QED) is 0.570. The highest BCUT2D eigenvalue weighted by atomic mass is 16.5. The van der Waals surface area contributed by atoms with Crippen molar-refractivity contribution in [2.75, 3.05) is 25.5 Å². The van der Waals surface area contributed by atoms with Gasteiger partial charge >= 0.3 is 5.97 Å². The molecular weight excluding hydrogens is 420 g/mol. The molecule has 172 valence electrons. The minimum Gasteiger partial charge on any atom is -0.465 e. The molecule has 33 heavy (non-hydrogen) atoms. The number of benzene rings is 2. The zero-order valence-corrected chi connectivity index (χ0v) is 19.1. The van der Waals surface area contributed by atoms with E-state index in [9.17, 15) is 9.59 Å². The number of rotatable bonds is 6. The first-order valence-corrected chi connectivity index (χ1v) is 11.1. The lowest BCUT2D eigenvalue weighted by atomic mass is 9.96. The minimum atomic E-state index is -0.419. The number of likely N-dealkylation sites (tertiary alicyclic amines) is 1. The second-order valence-corrected chi connectivity index (χ2v) is 8.36. The Balaban J connectivity index is 1.40. The average Bonchev–Trinajstić information content (AvgIpc) is 3.28. The Bertz CT molecular complexity index is 1160. The van der Waals surface area contributed by atoms with Crippen molar-refractivity contribution in [3.05, 3.63) is 65.0 Å². The van der Waals surface area contributed by atoms with Gasteiger partial charge in [0.2, 0.25) is 17.6 Å². The minimum absolute atomic E-state index is 0.0593. The number of aromatic nitrogens is 2. The van der Waals surface area contributed by atoms with Crippen LogP contribution in [0.5, 0.6) is 0 Å². The molecule has 8 heteroatoms. The smallest absolute Gasteiger partial charge is 0.338 e.